The van der Waals surface area contributed by atoms with E-state index in [-0.39, 0.29) is 5.69 Å². The van der Waals surface area contributed by atoms with Gasteiger partial charge in [0.2, 0.25) is 0 Å². The average Bonchev–Trinajstić information content (AvgIpc) is 2.16. The second kappa shape index (κ2) is 6.10. The molecule has 0 heterocycles. The smallest absolute Gasteiger partial charge is 0.293 e. The second-order valence-corrected chi connectivity index (χ2v) is 2.16. The Balaban J connectivity index is 0.000000423. The molecule has 0 aliphatic rings. The van der Waals surface area contributed by atoms with E-state index >= 15 is 0 Å². The summed E-state index contributed by atoms with van der Waals surface area (Å²) >= 11 is 0. The minimum atomic E-state index is -1.50. The normalized spacial score (nSPS) is 8.33. The molecule has 0 aromatic heterocycles. The largest absolute Gasteiger partial charge is 0.328 e. The highest BCUT2D eigenvalue weighted by molar-refractivity contribution is 5.60. The maximum atomic E-state index is 10.3. The number of nitrogen functional groups attached to an aromatic ring is 1. The molecule has 0 amide bonds. The lowest BCUT2D eigenvalue weighted by Gasteiger charge is -1.98. The minimum Gasteiger partial charge on any atom is -0.328 e. The van der Waals surface area contributed by atoms with Crippen LogP contribution in [-0.2, 0) is 0 Å². The Labute approximate surface area is 83.4 Å². The number of nitrogens with one attached hydrogen (secondary N) is 1. The van der Waals surface area contributed by atoms with Crippen LogP contribution >= 0.6 is 0 Å². The predicted octanol–water partition coefficient (Wildman–Crippen LogP) is 0.533. The maximum absolute atomic E-state index is 10.3. The Morgan fingerprint density at radius 2 is 1.73 bits per heavy atom. The number of benzene rings is 1. The number of nitrogens with two attached hydrogens (primary N) is 1. The predicted molar refractivity (Wildman–Crippen MR) is 49.7 cm³/mol. The molecule has 15 heavy (non-hydrogen) atoms. The first-order valence-electron chi connectivity index (χ1n) is 3.52. The number of nitrogens with zero attached hydrogens (tertiary/aromatic N) is 2. The van der Waals surface area contributed by atoms with Crippen molar-refractivity contribution in [3.05, 3.63) is 44.5 Å². The maximum Gasteiger partial charge on any atom is 0.293 e. The number of rotatable bonds is 2. The van der Waals surface area contributed by atoms with Crippen molar-refractivity contribution < 1.29 is 15.2 Å². The standard InChI is InChI=1S/C6H7N3O2.HNO3/c7-8-5-3-1-2-4-6(5)9(10)11;2-1(3)4/h1-4,8H,7H2;(H,2,3,4). The molecule has 0 saturated heterocycles. The summed E-state index contributed by atoms with van der Waals surface area (Å²) in [5.41, 5.74) is 2.53. The highest BCUT2D eigenvalue weighted by Crippen LogP contribution is 2.21. The van der Waals surface area contributed by atoms with Crippen LogP contribution in [0.1, 0.15) is 0 Å². The van der Waals surface area contributed by atoms with Crippen LogP contribution in [-0.4, -0.2) is 15.2 Å². The van der Waals surface area contributed by atoms with Gasteiger partial charge in [0.15, 0.2) is 0 Å². The van der Waals surface area contributed by atoms with Crippen molar-refractivity contribution in [2.24, 2.45) is 5.84 Å². The summed E-state index contributed by atoms with van der Waals surface area (Å²) in [6, 6.07) is 6.18. The van der Waals surface area contributed by atoms with E-state index < -0.39 is 10.0 Å². The van der Waals surface area contributed by atoms with E-state index in [1.165, 1.54) is 12.1 Å². The molecule has 4 N–H and O–H groups in total. The Bertz CT molecular complexity index is 351. The van der Waals surface area contributed by atoms with Gasteiger partial charge in [0.25, 0.3) is 10.8 Å². The van der Waals surface area contributed by atoms with Crippen LogP contribution in [0.25, 0.3) is 0 Å². The summed E-state index contributed by atoms with van der Waals surface area (Å²) in [6.45, 7) is 0. The summed E-state index contributed by atoms with van der Waals surface area (Å²) in [4.78, 5) is 18.2. The van der Waals surface area contributed by atoms with Gasteiger partial charge in [-0.15, -0.1) is 10.1 Å². The fourth-order valence-electron chi connectivity index (χ4n) is 0.755. The van der Waals surface area contributed by atoms with E-state index in [4.69, 9.17) is 21.2 Å². The molecule has 0 aliphatic heterocycles. The molecule has 0 unspecified atom stereocenters. The summed E-state index contributed by atoms with van der Waals surface area (Å²) in [5.74, 6) is 5.03. The van der Waals surface area contributed by atoms with E-state index in [0.717, 1.165) is 0 Å². The molecule has 0 atom stereocenters. The Morgan fingerprint density at radius 3 is 2.07 bits per heavy atom. The van der Waals surface area contributed by atoms with Gasteiger partial charge in [-0.1, -0.05) is 12.1 Å². The molecular weight excluding hydrogens is 208 g/mol. The molecular formula is C6H8N4O5. The van der Waals surface area contributed by atoms with Gasteiger partial charge < -0.3 is 10.6 Å². The highest BCUT2D eigenvalue weighted by atomic mass is 16.9. The molecule has 82 valence electrons. The van der Waals surface area contributed by atoms with Crippen LogP contribution < -0.4 is 11.3 Å². The van der Waals surface area contributed by atoms with Crippen molar-refractivity contribution in [1.82, 2.24) is 0 Å². The van der Waals surface area contributed by atoms with Crippen LogP contribution in [0, 0.1) is 20.2 Å². The third-order valence-electron chi connectivity index (χ3n) is 1.26. The highest BCUT2D eigenvalue weighted by Gasteiger charge is 2.09. The van der Waals surface area contributed by atoms with Crippen LogP contribution in [0.3, 0.4) is 0 Å². The first-order valence-corrected chi connectivity index (χ1v) is 3.52. The fraction of sp³-hybridized carbons (Fsp3) is 0. The van der Waals surface area contributed by atoms with Gasteiger partial charge in [0, 0.05) is 6.07 Å². The van der Waals surface area contributed by atoms with Crippen molar-refractivity contribution in [3.8, 4) is 0 Å². The second-order valence-electron chi connectivity index (χ2n) is 2.16. The third kappa shape index (κ3) is 5.00. The lowest BCUT2D eigenvalue weighted by molar-refractivity contribution is -0.742. The van der Waals surface area contributed by atoms with Gasteiger partial charge >= 0.3 is 0 Å². The van der Waals surface area contributed by atoms with E-state index in [1.807, 2.05) is 0 Å². The molecule has 0 aliphatic carbocycles. The molecule has 9 heteroatoms. The summed E-state index contributed by atoms with van der Waals surface area (Å²) in [5, 5.41) is 23.9. The summed E-state index contributed by atoms with van der Waals surface area (Å²) in [7, 11) is 0. The van der Waals surface area contributed by atoms with E-state index in [2.05, 4.69) is 5.43 Å². The van der Waals surface area contributed by atoms with Gasteiger partial charge in [-0.3, -0.25) is 16.0 Å². The number of nitro benzene ring substituents is 1. The van der Waals surface area contributed by atoms with E-state index in [9.17, 15) is 10.1 Å². The fourth-order valence-corrected chi connectivity index (χ4v) is 0.755. The van der Waals surface area contributed by atoms with Crippen molar-refractivity contribution in [1.29, 1.82) is 0 Å². The molecule has 1 rings (SSSR count). The molecule has 1 aromatic rings. The molecule has 0 radical (unpaired) electrons. The zero-order valence-electron chi connectivity index (χ0n) is 7.36. The topological polar surface area (TPSA) is 145 Å². The van der Waals surface area contributed by atoms with Crippen LogP contribution in [0.2, 0.25) is 0 Å². The molecule has 1 aromatic carbocycles. The lowest BCUT2D eigenvalue weighted by Crippen LogP contribution is -2.08. The van der Waals surface area contributed by atoms with Crippen molar-refractivity contribution in [2.45, 2.75) is 0 Å². The molecule has 0 fully saturated rings. The van der Waals surface area contributed by atoms with Crippen LogP contribution in [0.15, 0.2) is 24.3 Å². The molecule has 9 nitrogen and oxygen atoms in total. The van der Waals surface area contributed by atoms with Crippen molar-refractivity contribution in [2.75, 3.05) is 5.43 Å². The van der Waals surface area contributed by atoms with Crippen molar-refractivity contribution >= 4 is 11.4 Å². The number of nitro groups is 1. The molecule has 0 spiro atoms. The number of hydrogen-bond acceptors (Lipinski definition) is 6. The lowest BCUT2D eigenvalue weighted by atomic mass is 10.3. The summed E-state index contributed by atoms with van der Waals surface area (Å²) in [6.07, 6.45) is 0. The van der Waals surface area contributed by atoms with Crippen LogP contribution in [0.4, 0.5) is 11.4 Å². The minimum absolute atomic E-state index is 0.0185. The van der Waals surface area contributed by atoms with Gasteiger partial charge in [-0.05, 0) is 6.07 Å². The first-order chi connectivity index (χ1) is 6.99. The van der Waals surface area contributed by atoms with Gasteiger partial charge in [-0.25, -0.2) is 0 Å². The van der Waals surface area contributed by atoms with Crippen LogP contribution in [0.5, 0.6) is 0 Å². The summed E-state index contributed by atoms with van der Waals surface area (Å²) < 4.78 is 0. The van der Waals surface area contributed by atoms with E-state index in [1.54, 1.807) is 12.1 Å². The number of para-hydroxylation sites is 2. The number of hydrogen-bond donors (Lipinski definition) is 3. The molecule has 0 bridgehead atoms. The quantitative estimate of drug-likeness (QED) is 0.371. The Morgan fingerprint density at radius 1 is 1.27 bits per heavy atom. The average molecular weight is 216 g/mol. The SMILES string of the molecule is NNc1ccccc1[N+](=O)[O-].O=[N+]([O-])O. The monoisotopic (exact) mass is 216 g/mol. The zero-order chi connectivity index (χ0) is 11.8. The van der Waals surface area contributed by atoms with Gasteiger partial charge in [-0.2, -0.15) is 0 Å². The first kappa shape index (κ1) is 12.6. The van der Waals surface area contributed by atoms with Gasteiger partial charge in [0.1, 0.15) is 5.69 Å². The molecule has 0 saturated carbocycles. The number of hydrazine groups is 1. The Hall–Kier alpha value is -2.42. The Kier molecular flexibility index (Phi) is 5.11. The van der Waals surface area contributed by atoms with E-state index in [0.29, 0.717) is 5.69 Å². The van der Waals surface area contributed by atoms with Gasteiger partial charge in [0.05, 0.1) is 4.92 Å². The third-order valence-corrected chi connectivity index (χ3v) is 1.26. The van der Waals surface area contributed by atoms with Crippen molar-refractivity contribution in [3.63, 3.8) is 0 Å². The number of anilines is 1. The zero-order valence-corrected chi connectivity index (χ0v) is 7.36.